The van der Waals surface area contributed by atoms with Gasteiger partial charge in [0.15, 0.2) is 0 Å². The zero-order valence-electron chi connectivity index (χ0n) is 11.7. The molecule has 1 aliphatic heterocycles. The number of carbonyl (C=O) groups excluding carboxylic acids is 2. The second-order valence-electron chi connectivity index (χ2n) is 5.05. The number of nitrogens with zero attached hydrogens (tertiary/aromatic N) is 2. The Hall–Kier alpha value is -1.66. The van der Waals surface area contributed by atoms with E-state index in [1.165, 1.54) is 22.7 Å². The Kier molecular flexibility index (Phi) is 4.07. The average Bonchev–Trinajstić information content (AvgIpc) is 3.18. The summed E-state index contributed by atoms with van der Waals surface area (Å²) in [4.78, 5) is 30.0. The van der Waals surface area contributed by atoms with Crippen LogP contribution in [0.3, 0.4) is 0 Å². The van der Waals surface area contributed by atoms with E-state index >= 15 is 0 Å². The third kappa shape index (κ3) is 2.87. The number of piperazine rings is 1. The van der Waals surface area contributed by atoms with Gasteiger partial charge in [0.2, 0.25) is 0 Å². The average molecular weight is 320 g/mol. The van der Waals surface area contributed by atoms with E-state index in [9.17, 15) is 9.59 Å². The van der Waals surface area contributed by atoms with Crippen molar-refractivity contribution in [1.29, 1.82) is 0 Å². The van der Waals surface area contributed by atoms with Gasteiger partial charge in [0.05, 0.1) is 9.75 Å². The Labute approximate surface area is 131 Å². The molecule has 2 amide bonds. The molecular weight excluding hydrogens is 304 g/mol. The van der Waals surface area contributed by atoms with Gasteiger partial charge in [0.25, 0.3) is 11.8 Å². The molecule has 3 rings (SSSR count). The molecule has 0 aromatic carbocycles. The molecule has 0 N–H and O–H groups in total. The van der Waals surface area contributed by atoms with Gasteiger partial charge in [0, 0.05) is 25.7 Å². The van der Waals surface area contributed by atoms with Crippen LogP contribution in [-0.4, -0.2) is 47.3 Å². The molecule has 0 aliphatic carbocycles. The summed E-state index contributed by atoms with van der Waals surface area (Å²) >= 11 is 2.92. The highest BCUT2D eigenvalue weighted by Crippen LogP contribution is 2.19. The van der Waals surface area contributed by atoms with Crippen molar-refractivity contribution < 1.29 is 9.59 Å². The molecule has 21 heavy (non-hydrogen) atoms. The van der Waals surface area contributed by atoms with E-state index < -0.39 is 0 Å². The Morgan fingerprint density at radius 1 is 1.05 bits per heavy atom. The maximum absolute atomic E-state index is 12.4. The lowest BCUT2D eigenvalue weighted by molar-refractivity contribution is 0.0419. The molecule has 1 saturated heterocycles. The van der Waals surface area contributed by atoms with Gasteiger partial charge in [-0.25, -0.2) is 0 Å². The standard InChI is InChI=1S/C15H16N2O2S2/c1-11-10-16(14(18)12-4-2-8-20-12)6-7-17(11)15(19)13-5-3-9-21-13/h2-5,8-9,11H,6-7,10H2,1H3/t11-/m0/s1. The molecule has 3 heterocycles. The Morgan fingerprint density at radius 3 is 2.19 bits per heavy atom. The molecule has 2 aromatic rings. The van der Waals surface area contributed by atoms with Crippen molar-refractivity contribution in [1.82, 2.24) is 9.80 Å². The molecule has 0 unspecified atom stereocenters. The van der Waals surface area contributed by atoms with Crippen LogP contribution < -0.4 is 0 Å². The van der Waals surface area contributed by atoms with E-state index in [1.54, 1.807) is 0 Å². The lowest BCUT2D eigenvalue weighted by Crippen LogP contribution is -2.55. The predicted molar refractivity (Wildman–Crippen MR) is 85.0 cm³/mol. The molecule has 1 atom stereocenters. The van der Waals surface area contributed by atoms with E-state index in [4.69, 9.17) is 0 Å². The molecule has 0 bridgehead atoms. The molecule has 0 spiro atoms. The second-order valence-corrected chi connectivity index (χ2v) is 6.95. The van der Waals surface area contributed by atoms with Crippen molar-refractivity contribution in [3.8, 4) is 0 Å². The van der Waals surface area contributed by atoms with Crippen LogP contribution in [0, 0.1) is 0 Å². The van der Waals surface area contributed by atoms with Crippen LogP contribution >= 0.6 is 22.7 Å². The summed E-state index contributed by atoms with van der Waals surface area (Å²) in [5.74, 6) is 0.140. The summed E-state index contributed by atoms with van der Waals surface area (Å²) in [5.41, 5.74) is 0. The molecule has 0 radical (unpaired) electrons. The SMILES string of the molecule is C[C@H]1CN(C(=O)c2cccs2)CCN1C(=O)c1cccs1. The van der Waals surface area contributed by atoms with Crippen LogP contribution in [-0.2, 0) is 0 Å². The summed E-state index contributed by atoms with van der Waals surface area (Å²) in [6.45, 7) is 3.78. The first-order valence-electron chi connectivity index (χ1n) is 6.84. The minimum Gasteiger partial charge on any atom is -0.334 e. The fourth-order valence-electron chi connectivity index (χ4n) is 2.54. The number of rotatable bonds is 2. The molecule has 2 aromatic heterocycles. The molecule has 1 fully saturated rings. The van der Waals surface area contributed by atoms with Crippen LogP contribution in [0.5, 0.6) is 0 Å². The summed E-state index contributed by atoms with van der Waals surface area (Å²) in [6, 6.07) is 7.51. The van der Waals surface area contributed by atoms with Crippen molar-refractivity contribution in [3.63, 3.8) is 0 Å². The van der Waals surface area contributed by atoms with Crippen molar-refractivity contribution >= 4 is 34.5 Å². The first-order valence-corrected chi connectivity index (χ1v) is 8.60. The monoisotopic (exact) mass is 320 g/mol. The summed E-state index contributed by atoms with van der Waals surface area (Å²) in [7, 11) is 0. The molecule has 0 saturated carbocycles. The van der Waals surface area contributed by atoms with Crippen molar-refractivity contribution in [3.05, 3.63) is 44.8 Å². The predicted octanol–water partition coefficient (Wildman–Crippen LogP) is 2.80. The van der Waals surface area contributed by atoms with Crippen LogP contribution in [0.15, 0.2) is 35.0 Å². The quantitative estimate of drug-likeness (QED) is 0.854. The van der Waals surface area contributed by atoms with E-state index in [0.29, 0.717) is 19.6 Å². The van der Waals surface area contributed by atoms with E-state index in [1.807, 2.05) is 51.7 Å². The molecule has 6 heteroatoms. The molecular formula is C15H16N2O2S2. The Balaban J connectivity index is 1.67. The summed E-state index contributed by atoms with van der Waals surface area (Å²) in [5, 5.41) is 3.82. The highest BCUT2D eigenvalue weighted by Gasteiger charge is 2.31. The third-order valence-electron chi connectivity index (χ3n) is 3.64. The number of hydrogen-bond donors (Lipinski definition) is 0. The van der Waals surface area contributed by atoms with Crippen molar-refractivity contribution in [2.45, 2.75) is 13.0 Å². The van der Waals surface area contributed by atoms with Crippen LogP contribution in [0.4, 0.5) is 0 Å². The lowest BCUT2D eigenvalue weighted by Gasteiger charge is -2.39. The molecule has 4 nitrogen and oxygen atoms in total. The van der Waals surface area contributed by atoms with E-state index in [-0.39, 0.29) is 17.9 Å². The molecule has 110 valence electrons. The zero-order valence-corrected chi connectivity index (χ0v) is 13.3. The van der Waals surface area contributed by atoms with Gasteiger partial charge in [-0.1, -0.05) is 12.1 Å². The zero-order chi connectivity index (χ0) is 14.8. The largest absolute Gasteiger partial charge is 0.334 e. The smallest absolute Gasteiger partial charge is 0.264 e. The third-order valence-corrected chi connectivity index (χ3v) is 5.36. The Bertz CT molecular complexity index is 622. The van der Waals surface area contributed by atoms with Crippen LogP contribution in [0.1, 0.15) is 26.3 Å². The van der Waals surface area contributed by atoms with E-state index in [2.05, 4.69) is 0 Å². The first-order chi connectivity index (χ1) is 10.2. The second kappa shape index (κ2) is 5.99. The van der Waals surface area contributed by atoms with Gasteiger partial charge in [-0.05, 0) is 29.8 Å². The minimum absolute atomic E-state index is 0.0391. The fourth-order valence-corrected chi connectivity index (χ4v) is 3.91. The lowest BCUT2D eigenvalue weighted by atomic mass is 10.1. The van der Waals surface area contributed by atoms with Gasteiger partial charge in [-0.2, -0.15) is 0 Å². The summed E-state index contributed by atoms with van der Waals surface area (Å²) in [6.07, 6.45) is 0. The van der Waals surface area contributed by atoms with E-state index in [0.717, 1.165) is 9.75 Å². The van der Waals surface area contributed by atoms with Gasteiger partial charge in [-0.15, -0.1) is 22.7 Å². The van der Waals surface area contributed by atoms with Crippen LogP contribution in [0.25, 0.3) is 0 Å². The first kappa shape index (κ1) is 14.3. The number of thiophene rings is 2. The topological polar surface area (TPSA) is 40.6 Å². The number of amides is 2. The van der Waals surface area contributed by atoms with Crippen LogP contribution in [0.2, 0.25) is 0 Å². The number of carbonyl (C=O) groups is 2. The van der Waals surface area contributed by atoms with Crippen molar-refractivity contribution in [2.75, 3.05) is 19.6 Å². The highest BCUT2D eigenvalue weighted by molar-refractivity contribution is 7.12. The normalized spacial score (nSPS) is 18.8. The van der Waals surface area contributed by atoms with Gasteiger partial charge in [-0.3, -0.25) is 9.59 Å². The minimum atomic E-state index is 0.0391. The van der Waals surface area contributed by atoms with Gasteiger partial charge in [0.1, 0.15) is 0 Å². The van der Waals surface area contributed by atoms with Gasteiger partial charge < -0.3 is 9.80 Å². The number of hydrogen-bond acceptors (Lipinski definition) is 4. The van der Waals surface area contributed by atoms with Crippen molar-refractivity contribution in [2.24, 2.45) is 0 Å². The maximum atomic E-state index is 12.4. The highest BCUT2D eigenvalue weighted by atomic mass is 32.1. The fraction of sp³-hybridized carbons (Fsp3) is 0.333. The molecule has 1 aliphatic rings. The van der Waals surface area contributed by atoms with Gasteiger partial charge >= 0.3 is 0 Å². The summed E-state index contributed by atoms with van der Waals surface area (Å²) < 4.78 is 0. The Morgan fingerprint density at radius 2 is 1.67 bits per heavy atom. The maximum Gasteiger partial charge on any atom is 0.264 e.